The molecule has 3 aromatic heterocycles. The molecule has 6 nitrogen and oxygen atoms in total. The first-order valence-corrected chi connectivity index (χ1v) is 11.5. The summed E-state index contributed by atoms with van der Waals surface area (Å²) in [6, 6.07) is 9.97. The topological polar surface area (TPSA) is 56.1 Å². The number of fused-ring (bicyclic) bond motifs is 3. The van der Waals surface area contributed by atoms with Crippen LogP contribution in [-0.2, 0) is 0 Å². The molecule has 0 fully saturated rings. The van der Waals surface area contributed by atoms with Crippen molar-refractivity contribution >= 4 is 33.5 Å². The zero-order valence-corrected chi connectivity index (χ0v) is 20.4. The number of nitrogens with zero attached hydrogens (tertiary/aromatic N) is 3. The number of thiophene rings is 1. The Morgan fingerprint density at radius 3 is 2.53 bits per heavy atom. The standard InChI is InChI=1S/C25H29N3O3S/c1-15(2)31-19-14-17-16(13-18(19)30-7)10-11-28-22(17)21(20-9-8-12-32-20)26-23(28)24(29)27(6)25(3,4)5/h8-15H,1-7H3. The van der Waals surface area contributed by atoms with Crippen molar-refractivity contribution < 1.29 is 14.3 Å². The van der Waals surface area contributed by atoms with Crippen LogP contribution in [-0.4, -0.2) is 46.0 Å². The van der Waals surface area contributed by atoms with Crippen LogP contribution in [0.3, 0.4) is 0 Å². The van der Waals surface area contributed by atoms with Crippen molar-refractivity contribution in [3.05, 3.63) is 47.7 Å². The van der Waals surface area contributed by atoms with E-state index in [4.69, 9.17) is 14.5 Å². The van der Waals surface area contributed by atoms with Crippen LogP contribution in [0.1, 0.15) is 45.2 Å². The van der Waals surface area contributed by atoms with Gasteiger partial charge < -0.3 is 14.4 Å². The van der Waals surface area contributed by atoms with Gasteiger partial charge in [-0.1, -0.05) is 6.07 Å². The van der Waals surface area contributed by atoms with Crippen molar-refractivity contribution in [1.29, 1.82) is 0 Å². The molecular weight excluding hydrogens is 422 g/mol. The molecular formula is C25H29N3O3S. The van der Waals surface area contributed by atoms with E-state index in [9.17, 15) is 4.79 Å². The van der Waals surface area contributed by atoms with E-state index in [1.807, 2.05) is 88.0 Å². The summed E-state index contributed by atoms with van der Waals surface area (Å²) in [7, 11) is 3.45. The fourth-order valence-electron chi connectivity index (χ4n) is 3.60. The maximum atomic E-state index is 13.4. The highest BCUT2D eigenvalue weighted by Crippen LogP contribution is 2.39. The molecule has 0 saturated carbocycles. The average Bonchev–Trinajstić information content (AvgIpc) is 3.38. The molecule has 0 atom stereocenters. The lowest BCUT2D eigenvalue weighted by Crippen LogP contribution is -2.43. The highest BCUT2D eigenvalue weighted by Gasteiger charge is 2.29. The van der Waals surface area contributed by atoms with Crippen LogP contribution in [0, 0.1) is 0 Å². The van der Waals surface area contributed by atoms with Crippen molar-refractivity contribution in [2.24, 2.45) is 0 Å². The monoisotopic (exact) mass is 451 g/mol. The highest BCUT2D eigenvalue weighted by molar-refractivity contribution is 7.13. The van der Waals surface area contributed by atoms with Gasteiger partial charge in [-0.3, -0.25) is 9.20 Å². The smallest absolute Gasteiger partial charge is 0.290 e. The highest BCUT2D eigenvalue weighted by atomic mass is 32.1. The zero-order chi connectivity index (χ0) is 23.2. The fourth-order valence-corrected chi connectivity index (χ4v) is 4.32. The van der Waals surface area contributed by atoms with Crippen molar-refractivity contribution in [1.82, 2.24) is 14.3 Å². The van der Waals surface area contributed by atoms with Crippen molar-refractivity contribution in [3.63, 3.8) is 0 Å². The Labute approximate surface area is 192 Å². The minimum Gasteiger partial charge on any atom is -0.493 e. The largest absolute Gasteiger partial charge is 0.493 e. The second-order valence-electron chi connectivity index (χ2n) is 9.09. The van der Waals surface area contributed by atoms with Gasteiger partial charge in [0.15, 0.2) is 11.5 Å². The van der Waals surface area contributed by atoms with Gasteiger partial charge in [-0.2, -0.15) is 0 Å². The lowest BCUT2D eigenvalue weighted by Gasteiger charge is -2.31. The van der Waals surface area contributed by atoms with E-state index in [1.54, 1.807) is 23.3 Å². The minimum absolute atomic E-state index is 0.000309. The number of pyridine rings is 1. The van der Waals surface area contributed by atoms with E-state index in [0.29, 0.717) is 17.3 Å². The average molecular weight is 452 g/mol. The van der Waals surface area contributed by atoms with E-state index in [1.165, 1.54) is 0 Å². The number of methoxy groups -OCH3 is 1. The van der Waals surface area contributed by atoms with Gasteiger partial charge in [0.05, 0.1) is 23.6 Å². The second-order valence-corrected chi connectivity index (χ2v) is 10.0. The molecule has 0 spiro atoms. The Morgan fingerprint density at radius 2 is 1.94 bits per heavy atom. The van der Waals surface area contributed by atoms with Crippen LogP contribution in [0.25, 0.3) is 26.9 Å². The Bertz CT molecular complexity index is 1280. The van der Waals surface area contributed by atoms with Crippen molar-refractivity contribution in [3.8, 4) is 22.1 Å². The number of imidazole rings is 1. The summed E-state index contributed by atoms with van der Waals surface area (Å²) < 4.78 is 13.5. The molecule has 7 heteroatoms. The number of carbonyl (C=O) groups is 1. The molecule has 1 aromatic carbocycles. The van der Waals surface area contributed by atoms with Gasteiger partial charge in [-0.25, -0.2) is 4.98 Å². The lowest BCUT2D eigenvalue weighted by atomic mass is 10.1. The van der Waals surface area contributed by atoms with Crippen LogP contribution in [0.15, 0.2) is 41.9 Å². The molecule has 0 aliphatic heterocycles. The summed E-state index contributed by atoms with van der Waals surface area (Å²) >= 11 is 1.60. The summed E-state index contributed by atoms with van der Waals surface area (Å²) in [5, 5.41) is 3.97. The number of benzene rings is 1. The van der Waals surface area contributed by atoms with Crippen LogP contribution < -0.4 is 9.47 Å². The molecule has 0 unspecified atom stereocenters. The predicted molar refractivity (Wildman–Crippen MR) is 130 cm³/mol. The minimum atomic E-state index is -0.325. The Hall–Kier alpha value is -3.06. The van der Waals surface area contributed by atoms with Gasteiger partial charge >= 0.3 is 0 Å². The molecule has 4 aromatic rings. The van der Waals surface area contributed by atoms with E-state index in [-0.39, 0.29) is 17.6 Å². The van der Waals surface area contributed by atoms with Crippen LogP contribution in [0.4, 0.5) is 0 Å². The maximum Gasteiger partial charge on any atom is 0.290 e. The van der Waals surface area contributed by atoms with Crippen molar-refractivity contribution in [2.75, 3.05) is 14.2 Å². The third kappa shape index (κ3) is 3.81. The second kappa shape index (κ2) is 8.13. The molecule has 0 aliphatic carbocycles. The summed E-state index contributed by atoms with van der Waals surface area (Å²) in [5.74, 6) is 1.62. The Morgan fingerprint density at radius 1 is 1.19 bits per heavy atom. The SMILES string of the molecule is COc1cc2ccn3c(C(=O)N(C)C(C)(C)C)nc(-c4cccs4)c3c2cc1OC(C)C. The predicted octanol–water partition coefficient (Wildman–Crippen LogP) is 5.88. The molecule has 168 valence electrons. The van der Waals surface area contributed by atoms with Crippen LogP contribution in [0.5, 0.6) is 11.5 Å². The van der Waals surface area contributed by atoms with Gasteiger partial charge in [0, 0.05) is 24.2 Å². The van der Waals surface area contributed by atoms with Crippen LogP contribution in [0.2, 0.25) is 0 Å². The molecule has 32 heavy (non-hydrogen) atoms. The molecule has 0 N–H and O–H groups in total. The first-order chi connectivity index (χ1) is 15.1. The van der Waals surface area contributed by atoms with Gasteiger partial charge in [-0.15, -0.1) is 11.3 Å². The van der Waals surface area contributed by atoms with Gasteiger partial charge in [0.2, 0.25) is 5.82 Å². The zero-order valence-electron chi connectivity index (χ0n) is 19.6. The van der Waals surface area contributed by atoms with Crippen molar-refractivity contribution in [2.45, 2.75) is 46.3 Å². The Kier molecular flexibility index (Phi) is 5.63. The summed E-state index contributed by atoms with van der Waals surface area (Å²) in [4.78, 5) is 21.0. The first kappa shape index (κ1) is 22.1. The number of hydrogen-bond acceptors (Lipinski definition) is 5. The summed E-state index contributed by atoms with van der Waals surface area (Å²) in [6.45, 7) is 10.0. The normalized spacial score (nSPS) is 12.0. The Balaban J connectivity index is 2.05. The third-order valence-corrected chi connectivity index (χ3v) is 6.40. The number of carbonyl (C=O) groups excluding carboxylic acids is 1. The summed E-state index contributed by atoms with van der Waals surface area (Å²) in [6.07, 6.45) is 1.91. The van der Waals surface area contributed by atoms with E-state index >= 15 is 0 Å². The number of aromatic nitrogens is 2. The lowest BCUT2D eigenvalue weighted by molar-refractivity contribution is 0.0642. The number of amides is 1. The van der Waals surface area contributed by atoms with E-state index < -0.39 is 0 Å². The fraction of sp³-hybridized carbons (Fsp3) is 0.360. The summed E-state index contributed by atoms with van der Waals surface area (Å²) in [5.41, 5.74) is 1.35. The van der Waals surface area contributed by atoms with Gasteiger partial charge in [0.25, 0.3) is 5.91 Å². The van der Waals surface area contributed by atoms with Gasteiger partial charge in [-0.05, 0) is 69.7 Å². The number of hydrogen-bond donors (Lipinski definition) is 0. The molecule has 1 amide bonds. The molecule has 0 saturated heterocycles. The maximum absolute atomic E-state index is 13.4. The molecule has 0 radical (unpaired) electrons. The number of ether oxygens (including phenoxy) is 2. The van der Waals surface area contributed by atoms with Gasteiger partial charge in [0.1, 0.15) is 5.69 Å². The first-order valence-electron chi connectivity index (χ1n) is 10.6. The van der Waals surface area contributed by atoms with E-state index in [2.05, 4.69) is 0 Å². The quantitative estimate of drug-likeness (QED) is 0.380. The number of rotatable bonds is 5. The molecule has 0 aliphatic rings. The van der Waals surface area contributed by atoms with Crippen LogP contribution >= 0.6 is 11.3 Å². The molecule has 0 bridgehead atoms. The third-order valence-electron chi connectivity index (χ3n) is 5.52. The molecule has 4 rings (SSSR count). The van der Waals surface area contributed by atoms with E-state index in [0.717, 1.165) is 26.9 Å². The molecule has 3 heterocycles.